The van der Waals surface area contributed by atoms with E-state index in [4.69, 9.17) is 15.7 Å². The molecule has 0 bridgehead atoms. The maximum Gasteiger partial charge on any atom is 0.417 e. The number of aromatic nitrogens is 1. The molecular formula is C21H15ClF5N3O4. The van der Waals surface area contributed by atoms with Crippen molar-refractivity contribution in [3.05, 3.63) is 57.8 Å². The Hall–Kier alpha value is -3.09. The molecule has 13 heteroatoms. The lowest BCUT2D eigenvalue weighted by Crippen LogP contribution is -2.50. The summed E-state index contributed by atoms with van der Waals surface area (Å²) < 4.78 is 92.6. The number of halogens is 6. The maximum atomic E-state index is 14.6. The van der Waals surface area contributed by atoms with Gasteiger partial charge in [0.15, 0.2) is 6.10 Å². The van der Waals surface area contributed by atoms with Crippen LogP contribution in [0.3, 0.4) is 0 Å². The Morgan fingerprint density at radius 3 is 2.62 bits per heavy atom. The zero-order valence-electron chi connectivity index (χ0n) is 19.6. The van der Waals surface area contributed by atoms with Gasteiger partial charge in [-0.05, 0) is 12.1 Å². The number of aliphatic hydroxyl groups excluding tert-OH is 2. The van der Waals surface area contributed by atoms with Crippen molar-refractivity contribution in [2.24, 2.45) is 0 Å². The van der Waals surface area contributed by atoms with Crippen molar-refractivity contribution < 1.29 is 45.9 Å². The zero-order chi connectivity index (χ0) is 27.6. The third-order valence-corrected chi connectivity index (χ3v) is 5.68. The van der Waals surface area contributed by atoms with Gasteiger partial charge in [0.05, 0.1) is 22.0 Å². The molecule has 2 amide bonds. The van der Waals surface area contributed by atoms with Crippen LogP contribution in [0.1, 0.15) is 20.9 Å². The Morgan fingerprint density at radius 2 is 1.97 bits per heavy atom. The first-order valence-corrected chi connectivity index (χ1v) is 9.87. The Bertz CT molecular complexity index is 1340. The molecule has 0 radical (unpaired) electrons. The number of nitrogens with zero attached hydrogens (tertiary/aromatic N) is 3. The third-order valence-electron chi connectivity index (χ3n) is 5.39. The van der Waals surface area contributed by atoms with Crippen LogP contribution in [0.4, 0.5) is 33.5 Å². The van der Waals surface area contributed by atoms with Gasteiger partial charge >= 0.3 is 6.18 Å². The summed E-state index contributed by atoms with van der Waals surface area (Å²) >= 11 is 5.62. The summed E-state index contributed by atoms with van der Waals surface area (Å²) in [5.41, 5.74) is -2.73. The molecule has 0 saturated carbocycles. The van der Waals surface area contributed by atoms with Gasteiger partial charge in [-0.2, -0.15) is 13.2 Å². The van der Waals surface area contributed by atoms with Crippen molar-refractivity contribution in [2.45, 2.75) is 30.8 Å². The molecule has 34 heavy (non-hydrogen) atoms. The SMILES string of the molecule is [2H]C([2H])([2H])N(C(=O)C1C(O)C(O)C(=O)N1c1cc(C(F)(F)F)c2c(n1)CC=C2)c1cc(Cl)c(F)cc1F. The van der Waals surface area contributed by atoms with Gasteiger partial charge in [0.25, 0.3) is 11.8 Å². The lowest BCUT2D eigenvalue weighted by molar-refractivity contribution is -0.138. The molecule has 1 aromatic carbocycles. The first-order valence-electron chi connectivity index (χ1n) is 11.0. The fraction of sp³-hybridized carbons (Fsp3) is 0.286. The van der Waals surface area contributed by atoms with Gasteiger partial charge in [-0.25, -0.2) is 13.8 Å². The summed E-state index contributed by atoms with van der Waals surface area (Å²) in [6.45, 7) is -3.52. The second kappa shape index (κ2) is 8.29. The van der Waals surface area contributed by atoms with Crippen LogP contribution in [0.2, 0.25) is 5.02 Å². The largest absolute Gasteiger partial charge is 0.417 e. The van der Waals surface area contributed by atoms with Gasteiger partial charge in [-0.3, -0.25) is 14.5 Å². The van der Waals surface area contributed by atoms with Crippen LogP contribution in [0.5, 0.6) is 0 Å². The normalized spacial score (nSPS) is 23.5. The molecule has 2 N–H and O–H groups in total. The number of hydrogen-bond donors (Lipinski definition) is 2. The van der Waals surface area contributed by atoms with E-state index in [2.05, 4.69) is 4.98 Å². The summed E-state index contributed by atoms with van der Waals surface area (Å²) in [5.74, 6) is -6.84. The van der Waals surface area contributed by atoms with E-state index in [9.17, 15) is 41.8 Å². The molecule has 180 valence electrons. The second-order valence-electron chi connectivity index (χ2n) is 7.47. The number of allylic oxidation sites excluding steroid dienone is 1. The minimum atomic E-state index is -4.94. The number of anilines is 2. The number of alkyl halides is 3. The highest BCUT2D eigenvalue weighted by atomic mass is 35.5. The molecule has 7 nitrogen and oxygen atoms in total. The molecule has 0 spiro atoms. The molecule has 1 saturated heterocycles. The van der Waals surface area contributed by atoms with E-state index in [1.807, 2.05) is 0 Å². The minimum Gasteiger partial charge on any atom is -0.387 e. The predicted molar refractivity (Wildman–Crippen MR) is 110 cm³/mol. The molecule has 1 fully saturated rings. The molecule has 1 aliphatic carbocycles. The van der Waals surface area contributed by atoms with Crippen molar-refractivity contribution in [1.82, 2.24) is 4.98 Å². The maximum absolute atomic E-state index is 14.6. The van der Waals surface area contributed by atoms with Crippen LogP contribution < -0.4 is 9.80 Å². The van der Waals surface area contributed by atoms with Crippen LogP contribution in [0, 0.1) is 11.6 Å². The number of aliphatic hydroxyl groups is 2. The van der Waals surface area contributed by atoms with E-state index < -0.39 is 76.9 Å². The lowest BCUT2D eigenvalue weighted by Gasteiger charge is -2.29. The standard InChI is InChI=1S/C21H15ClF5N3O4/c1-29(14-6-10(22)11(23)7-12(14)24)19(33)16-17(31)18(32)20(34)30(16)15-5-9(21(25,26)27)8-3-2-4-13(8)28-15/h2-3,5-7,16-18,31-32H,4H2,1H3/i1D3. The van der Waals surface area contributed by atoms with E-state index in [0.717, 1.165) is 6.08 Å². The van der Waals surface area contributed by atoms with Crippen molar-refractivity contribution >= 4 is 41.0 Å². The highest BCUT2D eigenvalue weighted by molar-refractivity contribution is 6.31. The van der Waals surface area contributed by atoms with Gasteiger partial charge in [0.1, 0.15) is 29.6 Å². The number of likely N-dealkylation sites (N-methyl/N-ethyl adjacent to an activating group) is 1. The summed E-state index contributed by atoms with van der Waals surface area (Å²) in [6, 6.07) is -1.28. The number of pyridine rings is 1. The molecule has 1 aromatic heterocycles. The fourth-order valence-electron chi connectivity index (χ4n) is 3.78. The van der Waals surface area contributed by atoms with Gasteiger partial charge < -0.3 is 15.1 Å². The molecule has 2 heterocycles. The average Bonchev–Trinajstić information content (AvgIpc) is 3.33. The van der Waals surface area contributed by atoms with Gasteiger partial charge in [-0.1, -0.05) is 23.8 Å². The van der Waals surface area contributed by atoms with Crippen molar-refractivity contribution in [3.8, 4) is 0 Å². The van der Waals surface area contributed by atoms with Crippen molar-refractivity contribution in [3.63, 3.8) is 0 Å². The van der Waals surface area contributed by atoms with Crippen molar-refractivity contribution in [1.29, 1.82) is 0 Å². The van der Waals surface area contributed by atoms with Gasteiger partial charge in [-0.15, -0.1) is 0 Å². The lowest BCUT2D eigenvalue weighted by atomic mass is 10.1. The quantitative estimate of drug-likeness (QED) is 0.493. The molecule has 2 aliphatic rings. The fourth-order valence-corrected chi connectivity index (χ4v) is 3.94. The molecule has 1 aliphatic heterocycles. The Labute approximate surface area is 197 Å². The van der Waals surface area contributed by atoms with E-state index in [-0.39, 0.29) is 33.5 Å². The van der Waals surface area contributed by atoms with Crippen LogP contribution in [-0.4, -0.2) is 52.2 Å². The molecule has 3 unspecified atom stereocenters. The van der Waals surface area contributed by atoms with Crippen LogP contribution in [-0.2, 0) is 22.2 Å². The number of carbonyl (C=O) groups is 2. The molecular weight excluding hydrogens is 489 g/mol. The number of hydrogen-bond acceptors (Lipinski definition) is 5. The van der Waals surface area contributed by atoms with Crippen LogP contribution in [0.25, 0.3) is 6.08 Å². The third kappa shape index (κ3) is 3.81. The molecule has 3 atom stereocenters. The van der Waals surface area contributed by atoms with Gasteiger partial charge in [0.2, 0.25) is 0 Å². The first-order chi connectivity index (χ1) is 17.0. The summed E-state index contributed by atoms with van der Waals surface area (Å²) in [7, 11) is 0. The molecule has 4 rings (SSSR count). The first kappa shape index (κ1) is 20.3. The smallest absolute Gasteiger partial charge is 0.387 e. The zero-order valence-corrected chi connectivity index (χ0v) is 17.4. The van der Waals surface area contributed by atoms with Crippen molar-refractivity contribution in [2.75, 3.05) is 16.8 Å². The monoisotopic (exact) mass is 506 g/mol. The van der Waals surface area contributed by atoms with Crippen LogP contribution in [0.15, 0.2) is 24.3 Å². The van der Waals surface area contributed by atoms with E-state index in [0.29, 0.717) is 12.1 Å². The highest BCUT2D eigenvalue weighted by Crippen LogP contribution is 2.39. The predicted octanol–water partition coefficient (Wildman–Crippen LogP) is 2.70. The Balaban J connectivity index is 1.88. The summed E-state index contributed by atoms with van der Waals surface area (Å²) in [4.78, 5) is 30.3. The topological polar surface area (TPSA) is 94.0 Å². The number of rotatable bonds is 3. The Kier molecular flexibility index (Phi) is 4.95. The Morgan fingerprint density at radius 1 is 1.26 bits per heavy atom. The summed E-state index contributed by atoms with van der Waals surface area (Å²) in [5, 5.41) is 19.9. The second-order valence-corrected chi connectivity index (χ2v) is 7.88. The highest BCUT2D eigenvalue weighted by Gasteiger charge is 2.53. The number of amides is 2. The minimum absolute atomic E-state index is 0.0707. The number of carbonyl (C=O) groups excluding carboxylic acids is 2. The average molecular weight is 507 g/mol. The molecule has 2 aromatic rings. The van der Waals surface area contributed by atoms with E-state index in [1.165, 1.54) is 6.08 Å². The number of benzene rings is 1. The van der Waals surface area contributed by atoms with Gasteiger partial charge in [0, 0.05) is 29.1 Å². The van der Waals surface area contributed by atoms with Crippen LogP contribution >= 0.6 is 11.6 Å². The van der Waals surface area contributed by atoms with E-state index in [1.54, 1.807) is 0 Å². The summed E-state index contributed by atoms with van der Waals surface area (Å²) in [6.07, 6.45) is -7.20. The number of fused-ring (bicyclic) bond motifs is 1. The van der Waals surface area contributed by atoms with E-state index >= 15 is 0 Å².